The number of hydrogen-bond acceptors (Lipinski definition) is 6. The summed E-state index contributed by atoms with van der Waals surface area (Å²) in [4.78, 5) is 38.3. The lowest BCUT2D eigenvalue weighted by molar-refractivity contribution is -0.141. The van der Waals surface area contributed by atoms with Gasteiger partial charge in [-0.1, -0.05) is 12.8 Å². The molecule has 1 aliphatic heterocycles. The molecule has 0 spiro atoms. The van der Waals surface area contributed by atoms with E-state index in [1.54, 1.807) is 6.92 Å². The van der Waals surface area contributed by atoms with Gasteiger partial charge in [0.15, 0.2) is 11.5 Å². The van der Waals surface area contributed by atoms with E-state index in [4.69, 9.17) is 14.7 Å². The van der Waals surface area contributed by atoms with E-state index < -0.39 is 5.97 Å². The fraction of sp³-hybridized carbons (Fsp3) is 0.500. The van der Waals surface area contributed by atoms with Crippen LogP contribution in [0.3, 0.4) is 0 Å². The molecule has 7 nitrogen and oxygen atoms in total. The van der Waals surface area contributed by atoms with E-state index in [1.807, 2.05) is 6.07 Å². The van der Waals surface area contributed by atoms with Crippen LogP contribution in [0.1, 0.15) is 44.6 Å². The lowest BCUT2D eigenvalue weighted by Gasteiger charge is -2.19. The summed E-state index contributed by atoms with van der Waals surface area (Å²) in [5, 5.41) is 8.96. The van der Waals surface area contributed by atoms with Crippen LogP contribution in [0, 0.1) is 23.2 Å². The molecule has 3 rings (SSSR count). The SMILES string of the molecule is CCOc1cc(C#N)ccc1OC(=O)CCN1C(=O)[C@H]2CCCC[C@H]2C1=O. The first-order valence-electron chi connectivity index (χ1n) is 9.28. The van der Waals surface area contributed by atoms with Gasteiger partial charge in [-0.3, -0.25) is 19.3 Å². The van der Waals surface area contributed by atoms with Gasteiger partial charge >= 0.3 is 5.97 Å². The van der Waals surface area contributed by atoms with Crippen LogP contribution in [0.4, 0.5) is 0 Å². The number of imide groups is 1. The number of nitrogens with zero attached hydrogens (tertiary/aromatic N) is 2. The van der Waals surface area contributed by atoms with Gasteiger partial charge in [0.1, 0.15) is 0 Å². The van der Waals surface area contributed by atoms with Crippen molar-refractivity contribution in [2.45, 2.75) is 39.0 Å². The Balaban J connectivity index is 1.61. The molecule has 1 heterocycles. The number of benzene rings is 1. The number of rotatable bonds is 6. The number of likely N-dealkylation sites (tertiary alicyclic amines) is 1. The van der Waals surface area contributed by atoms with Crippen LogP contribution in [-0.4, -0.2) is 35.8 Å². The summed E-state index contributed by atoms with van der Waals surface area (Å²) in [7, 11) is 0. The molecule has 1 aromatic rings. The van der Waals surface area contributed by atoms with Crippen molar-refractivity contribution in [3.63, 3.8) is 0 Å². The minimum absolute atomic E-state index is 0.0315. The number of carbonyl (C=O) groups is 3. The maximum absolute atomic E-state index is 12.4. The topological polar surface area (TPSA) is 96.7 Å². The van der Waals surface area contributed by atoms with Crippen molar-refractivity contribution in [3.8, 4) is 17.6 Å². The first kappa shape index (κ1) is 18.9. The van der Waals surface area contributed by atoms with Crippen LogP contribution in [0.2, 0.25) is 0 Å². The molecule has 0 aromatic heterocycles. The third-order valence-electron chi connectivity index (χ3n) is 5.07. The molecule has 7 heteroatoms. The van der Waals surface area contributed by atoms with Crippen molar-refractivity contribution >= 4 is 17.8 Å². The Kier molecular flexibility index (Phi) is 5.75. The average Bonchev–Trinajstić information content (AvgIpc) is 2.92. The molecule has 1 saturated carbocycles. The molecule has 1 aliphatic carbocycles. The van der Waals surface area contributed by atoms with E-state index in [0.717, 1.165) is 25.7 Å². The molecular formula is C20H22N2O5. The predicted molar refractivity (Wildman–Crippen MR) is 94.7 cm³/mol. The van der Waals surface area contributed by atoms with Gasteiger partial charge in [-0.15, -0.1) is 0 Å². The summed E-state index contributed by atoms with van der Waals surface area (Å²) in [6, 6.07) is 6.54. The normalized spacial score (nSPS) is 21.6. The number of ether oxygens (including phenoxy) is 2. The largest absolute Gasteiger partial charge is 0.490 e. The third kappa shape index (κ3) is 3.95. The minimum atomic E-state index is -0.559. The zero-order chi connectivity index (χ0) is 19.4. The van der Waals surface area contributed by atoms with Gasteiger partial charge in [0.05, 0.1) is 36.5 Å². The second-order valence-corrected chi connectivity index (χ2v) is 6.76. The summed E-state index contributed by atoms with van der Waals surface area (Å²) in [5.74, 6) is -0.790. The molecular weight excluding hydrogens is 348 g/mol. The zero-order valence-corrected chi connectivity index (χ0v) is 15.3. The molecule has 2 aliphatic rings. The third-order valence-corrected chi connectivity index (χ3v) is 5.07. The van der Waals surface area contributed by atoms with E-state index in [1.165, 1.54) is 23.1 Å². The monoisotopic (exact) mass is 370 g/mol. The molecule has 142 valence electrons. The number of amides is 2. The van der Waals surface area contributed by atoms with Gasteiger partial charge in [0, 0.05) is 12.6 Å². The second kappa shape index (κ2) is 8.21. The van der Waals surface area contributed by atoms with Crippen LogP contribution < -0.4 is 9.47 Å². The van der Waals surface area contributed by atoms with Crippen LogP contribution in [0.25, 0.3) is 0 Å². The van der Waals surface area contributed by atoms with E-state index in [-0.39, 0.29) is 42.4 Å². The van der Waals surface area contributed by atoms with Crippen molar-refractivity contribution < 1.29 is 23.9 Å². The fourth-order valence-electron chi connectivity index (χ4n) is 3.76. The maximum atomic E-state index is 12.4. The highest BCUT2D eigenvalue weighted by molar-refractivity contribution is 6.05. The number of nitriles is 1. The lowest BCUT2D eigenvalue weighted by atomic mass is 9.81. The molecule has 2 atom stereocenters. The summed E-state index contributed by atoms with van der Waals surface area (Å²) < 4.78 is 10.7. The van der Waals surface area contributed by atoms with Gasteiger partial charge in [-0.05, 0) is 31.9 Å². The van der Waals surface area contributed by atoms with Gasteiger partial charge < -0.3 is 9.47 Å². The van der Waals surface area contributed by atoms with Crippen molar-refractivity contribution in [3.05, 3.63) is 23.8 Å². The molecule has 0 N–H and O–H groups in total. The van der Waals surface area contributed by atoms with E-state index in [2.05, 4.69) is 0 Å². The molecule has 1 aromatic carbocycles. The number of esters is 1. The lowest BCUT2D eigenvalue weighted by Crippen LogP contribution is -2.33. The standard InChI is InChI=1S/C20H22N2O5/c1-2-26-17-11-13(12-21)7-8-16(17)27-18(23)9-10-22-19(24)14-5-3-4-6-15(14)20(22)25/h7-8,11,14-15H,2-6,9-10H2,1H3/t14-,15+. The molecule has 0 radical (unpaired) electrons. The Labute approximate surface area is 157 Å². The number of hydrogen-bond donors (Lipinski definition) is 0. The Morgan fingerprint density at radius 2 is 1.85 bits per heavy atom. The van der Waals surface area contributed by atoms with Gasteiger partial charge in [0.25, 0.3) is 0 Å². The minimum Gasteiger partial charge on any atom is -0.490 e. The quantitative estimate of drug-likeness (QED) is 0.433. The molecule has 2 fully saturated rings. The maximum Gasteiger partial charge on any atom is 0.313 e. The fourth-order valence-corrected chi connectivity index (χ4v) is 3.76. The number of fused-ring (bicyclic) bond motifs is 1. The average molecular weight is 370 g/mol. The molecule has 27 heavy (non-hydrogen) atoms. The highest BCUT2D eigenvalue weighted by atomic mass is 16.6. The van der Waals surface area contributed by atoms with Gasteiger partial charge in [0.2, 0.25) is 11.8 Å². The highest BCUT2D eigenvalue weighted by Gasteiger charge is 2.47. The Bertz CT molecular complexity index is 774. The van der Waals surface area contributed by atoms with Crippen LogP contribution in [-0.2, 0) is 14.4 Å². The second-order valence-electron chi connectivity index (χ2n) is 6.76. The Morgan fingerprint density at radius 3 is 2.44 bits per heavy atom. The van der Waals surface area contributed by atoms with Gasteiger partial charge in [-0.2, -0.15) is 5.26 Å². The molecule has 2 amide bonds. The smallest absolute Gasteiger partial charge is 0.313 e. The molecule has 1 saturated heterocycles. The van der Waals surface area contributed by atoms with Crippen LogP contribution in [0.5, 0.6) is 11.5 Å². The summed E-state index contributed by atoms with van der Waals surface area (Å²) in [6.07, 6.45) is 3.35. The molecule has 0 bridgehead atoms. The van der Waals surface area contributed by atoms with Gasteiger partial charge in [-0.25, -0.2) is 0 Å². The van der Waals surface area contributed by atoms with Crippen molar-refractivity contribution in [2.24, 2.45) is 11.8 Å². The summed E-state index contributed by atoms with van der Waals surface area (Å²) >= 11 is 0. The first-order valence-corrected chi connectivity index (χ1v) is 9.28. The Morgan fingerprint density at radius 1 is 1.19 bits per heavy atom. The van der Waals surface area contributed by atoms with E-state index in [0.29, 0.717) is 17.9 Å². The Hall–Kier alpha value is -2.88. The van der Waals surface area contributed by atoms with Crippen molar-refractivity contribution in [2.75, 3.05) is 13.2 Å². The summed E-state index contributed by atoms with van der Waals surface area (Å²) in [6.45, 7) is 2.18. The van der Waals surface area contributed by atoms with Crippen LogP contribution >= 0.6 is 0 Å². The summed E-state index contributed by atoms with van der Waals surface area (Å²) in [5.41, 5.74) is 0.397. The van der Waals surface area contributed by atoms with Crippen molar-refractivity contribution in [1.82, 2.24) is 4.90 Å². The van der Waals surface area contributed by atoms with E-state index in [9.17, 15) is 14.4 Å². The van der Waals surface area contributed by atoms with Crippen LogP contribution in [0.15, 0.2) is 18.2 Å². The number of carbonyl (C=O) groups excluding carboxylic acids is 3. The molecule has 0 unspecified atom stereocenters. The first-order chi connectivity index (χ1) is 13.0. The zero-order valence-electron chi connectivity index (χ0n) is 15.3. The highest BCUT2D eigenvalue weighted by Crippen LogP contribution is 2.38. The predicted octanol–water partition coefficient (Wildman–Crippen LogP) is 2.43. The van der Waals surface area contributed by atoms with E-state index >= 15 is 0 Å². The van der Waals surface area contributed by atoms with Crippen molar-refractivity contribution in [1.29, 1.82) is 5.26 Å².